The van der Waals surface area contributed by atoms with Crippen molar-refractivity contribution in [2.75, 3.05) is 9.80 Å². The highest BCUT2D eigenvalue weighted by molar-refractivity contribution is 5.92. The quantitative estimate of drug-likeness (QED) is 0.0900. The fraction of sp³-hybridized carbons (Fsp3) is 0.111. The Bertz CT molecular complexity index is 5620. The van der Waals surface area contributed by atoms with Crippen LogP contribution in [0.1, 0.15) is 118 Å². The van der Waals surface area contributed by atoms with Crippen LogP contribution in [-0.2, 0) is 27.1 Å². The predicted octanol–water partition coefficient (Wildman–Crippen LogP) is 26.7. The summed E-state index contributed by atoms with van der Waals surface area (Å²) in [5, 5.41) is 0. The largest absolute Gasteiger partial charge is 0.457 e. The van der Waals surface area contributed by atoms with Crippen LogP contribution >= 0.6 is 0 Å². The first kappa shape index (κ1) is 68.2. The predicted molar refractivity (Wildman–Crippen MR) is 426 cm³/mol. The number of fused-ring (bicyclic) bond motifs is 10. The molecule has 4 nitrogen and oxygen atoms in total. The lowest BCUT2D eigenvalue weighted by molar-refractivity contribution is 0.349. The zero-order valence-corrected chi connectivity index (χ0v) is 60.3. The molecule has 0 saturated carbocycles. The molecule has 0 bridgehead atoms. The van der Waals surface area contributed by atoms with Crippen molar-refractivity contribution >= 4 is 46.3 Å². The van der Waals surface area contributed by atoms with Gasteiger partial charge in [0.25, 0.3) is 0 Å². The SMILES string of the molecule is C=Cc1ccc(Oc2ccc(C3(c4cccc(F)c4F)c4ccccc4-c4ccc(N(c5ccc(F)cc5)c5ccc6c(c5)C5(CC6(C)C)CC(C)(C)c6ccc(N(c7ccc(F)cc7)c7ccc8c(c7)C(c7ccc(Oc9ccc(C=C)cc9)cc7)(c7cccc(F)c7F)c7ccccc7-8)cc65)cc43)cc2)cc1. The molecule has 1 spiro atoms. The Morgan fingerprint density at radius 2 is 0.606 bits per heavy atom. The van der Waals surface area contributed by atoms with Crippen LogP contribution in [0, 0.1) is 34.9 Å². The van der Waals surface area contributed by atoms with E-state index in [0.717, 1.165) is 92.0 Å². The molecule has 18 rings (SSSR count). The van der Waals surface area contributed by atoms with Gasteiger partial charge >= 0.3 is 0 Å². The molecule has 4 aliphatic rings. The smallest absolute Gasteiger partial charge is 0.163 e. The maximum absolute atomic E-state index is 17.4. The summed E-state index contributed by atoms with van der Waals surface area (Å²) in [5.74, 6) is -2.39. The van der Waals surface area contributed by atoms with E-state index in [4.69, 9.17) is 9.47 Å². The van der Waals surface area contributed by atoms with Gasteiger partial charge in [0.05, 0.1) is 10.8 Å². The molecule has 10 heteroatoms. The van der Waals surface area contributed by atoms with E-state index in [1.54, 1.807) is 60.7 Å². The first-order valence-corrected chi connectivity index (χ1v) is 36.6. The number of halogens is 6. The molecule has 14 aromatic carbocycles. The lowest BCUT2D eigenvalue weighted by Gasteiger charge is -2.35. The van der Waals surface area contributed by atoms with Gasteiger partial charge in [-0.15, -0.1) is 0 Å². The van der Waals surface area contributed by atoms with Gasteiger partial charge in [0, 0.05) is 50.7 Å². The van der Waals surface area contributed by atoms with Gasteiger partial charge in [-0.3, -0.25) is 0 Å². The lowest BCUT2D eigenvalue weighted by atomic mass is 9.67. The molecule has 0 fully saturated rings. The van der Waals surface area contributed by atoms with Crippen molar-refractivity contribution in [3.8, 4) is 45.3 Å². The van der Waals surface area contributed by atoms with Crippen LogP contribution in [0.5, 0.6) is 23.0 Å². The minimum absolute atomic E-state index is 0.133. The molecule has 109 heavy (non-hydrogen) atoms. The van der Waals surface area contributed by atoms with Gasteiger partial charge in [-0.25, -0.2) is 26.3 Å². The number of hydrogen-bond donors (Lipinski definition) is 0. The van der Waals surface area contributed by atoms with Crippen LogP contribution in [0.15, 0.2) is 316 Å². The average Bonchev–Trinajstić information content (AvgIpc) is 1.55. The summed E-state index contributed by atoms with van der Waals surface area (Å²) >= 11 is 0. The third-order valence-electron chi connectivity index (χ3n) is 23.2. The maximum atomic E-state index is 17.4. The summed E-state index contributed by atoms with van der Waals surface area (Å²) < 4.78 is 111. The Hall–Kier alpha value is -12.7. The molecule has 0 aromatic heterocycles. The molecule has 2 unspecified atom stereocenters. The second-order valence-corrected chi connectivity index (χ2v) is 30.3. The van der Waals surface area contributed by atoms with Crippen molar-refractivity contribution in [3.63, 3.8) is 0 Å². The molecule has 0 heterocycles. The number of rotatable bonds is 16. The number of hydrogen-bond acceptors (Lipinski definition) is 4. The van der Waals surface area contributed by atoms with Crippen LogP contribution < -0.4 is 19.3 Å². The Labute approximate surface area is 630 Å². The van der Waals surface area contributed by atoms with Gasteiger partial charge in [0.1, 0.15) is 34.6 Å². The number of benzene rings is 14. The molecule has 0 N–H and O–H groups in total. The van der Waals surface area contributed by atoms with Gasteiger partial charge in [0.2, 0.25) is 0 Å². The molecule has 2 atom stereocenters. The maximum Gasteiger partial charge on any atom is 0.163 e. The van der Waals surface area contributed by atoms with Crippen LogP contribution in [0.25, 0.3) is 34.4 Å². The average molecular weight is 1440 g/mol. The molecule has 0 amide bonds. The van der Waals surface area contributed by atoms with Gasteiger partial charge < -0.3 is 19.3 Å². The van der Waals surface area contributed by atoms with E-state index in [1.807, 2.05) is 146 Å². The molecular formula is C99H72F6N2O2. The molecule has 0 radical (unpaired) electrons. The molecule has 532 valence electrons. The van der Waals surface area contributed by atoms with Gasteiger partial charge in [-0.1, -0.05) is 199 Å². The Balaban J connectivity index is 0.794. The summed E-state index contributed by atoms with van der Waals surface area (Å²) in [4.78, 5) is 4.26. The van der Waals surface area contributed by atoms with E-state index in [2.05, 4.69) is 123 Å². The fourth-order valence-corrected chi connectivity index (χ4v) is 18.8. The van der Waals surface area contributed by atoms with E-state index in [0.29, 0.717) is 68.0 Å². The zero-order chi connectivity index (χ0) is 74.9. The Morgan fingerprint density at radius 3 is 0.972 bits per heavy atom. The Kier molecular flexibility index (Phi) is 16.1. The van der Waals surface area contributed by atoms with E-state index in [9.17, 15) is 0 Å². The van der Waals surface area contributed by atoms with Crippen molar-refractivity contribution in [2.24, 2.45) is 0 Å². The van der Waals surface area contributed by atoms with Crippen molar-refractivity contribution in [1.82, 2.24) is 0 Å². The highest BCUT2D eigenvalue weighted by Gasteiger charge is 2.57. The molecule has 14 aromatic rings. The zero-order valence-electron chi connectivity index (χ0n) is 60.3. The number of nitrogens with zero attached hydrogens (tertiary/aromatic N) is 2. The highest BCUT2D eigenvalue weighted by atomic mass is 19.2. The van der Waals surface area contributed by atoms with Crippen LogP contribution in [0.2, 0.25) is 0 Å². The summed E-state index contributed by atoms with van der Waals surface area (Å²) in [7, 11) is 0. The third-order valence-corrected chi connectivity index (χ3v) is 23.2. The second kappa shape index (κ2) is 25.8. The van der Waals surface area contributed by atoms with Gasteiger partial charge in [-0.05, 0) is 270 Å². The first-order valence-electron chi connectivity index (χ1n) is 36.6. The third kappa shape index (κ3) is 10.8. The molecular weight excluding hydrogens is 1360 g/mol. The monoisotopic (exact) mass is 1430 g/mol. The van der Waals surface area contributed by atoms with Crippen molar-refractivity contribution < 1.29 is 35.8 Å². The summed E-state index contributed by atoms with van der Waals surface area (Å²) in [5.41, 5.74) is 14.6. The number of ether oxygens (including phenoxy) is 2. The van der Waals surface area contributed by atoms with Gasteiger partial charge in [0.15, 0.2) is 23.3 Å². The van der Waals surface area contributed by atoms with Crippen LogP contribution in [0.3, 0.4) is 0 Å². The fourth-order valence-electron chi connectivity index (χ4n) is 18.8. The topological polar surface area (TPSA) is 24.9 Å². The standard InChI is InChI=1S/C99H72F6N2O2/c1-7-61-23-43-73(44-24-61)108-75-47-27-63(28-48-75)98(85-19-13-21-91(102)93(85)104)81-17-11-9-15-77(81)79-51-39-69(55-87(79)98)106(67-35-31-65(100)32-36-67)71-41-53-83-89(57-71)97(59-95(83,3)4)60-96(5,6)84-54-42-72(58-90(84)97)107(68-37-33-66(101)34-38-68)70-40-52-80-78-16-10-12-18-82(78)99(88(80)56-70,86-20-14-22-92(103)94(86)105)64-29-49-76(50-30-64)109-74-45-25-62(8-2)26-46-74/h7-58H,1-2,59-60H2,3-6H3. The second-order valence-electron chi connectivity index (χ2n) is 30.3. The van der Waals surface area contributed by atoms with Crippen molar-refractivity contribution in [1.29, 1.82) is 0 Å². The first-order chi connectivity index (χ1) is 52.8. The summed E-state index contributed by atoms with van der Waals surface area (Å²) in [6, 6.07) is 93.5. The molecule has 4 aliphatic carbocycles. The number of anilines is 6. The molecule has 0 aliphatic heterocycles. The lowest BCUT2D eigenvalue weighted by Crippen LogP contribution is -2.30. The minimum Gasteiger partial charge on any atom is -0.457 e. The van der Waals surface area contributed by atoms with E-state index >= 15 is 26.3 Å². The normalized spacial score (nSPS) is 17.7. The van der Waals surface area contributed by atoms with E-state index < -0.39 is 51.1 Å². The van der Waals surface area contributed by atoms with Crippen LogP contribution in [-0.4, -0.2) is 0 Å². The Morgan fingerprint density at radius 1 is 0.294 bits per heavy atom. The minimum atomic E-state index is -1.41. The van der Waals surface area contributed by atoms with Crippen molar-refractivity contribution in [2.45, 2.75) is 67.6 Å². The van der Waals surface area contributed by atoms with E-state index in [1.165, 1.54) is 35.4 Å². The molecule has 0 saturated heterocycles. The summed E-state index contributed by atoms with van der Waals surface area (Å²) in [6.45, 7) is 17.0. The van der Waals surface area contributed by atoms with Crippen LogP contribution in [0.4, 0.5) is 60.5 Å². The van der Waals surface area contributed by atoms with Crippen molar-refractivity contribution in [3.05, 3.63) is 429 Å². The summed E-state index contributed by atoms with van der Waals surface area (Å²) in [6.07, 6.45) is 5.00. The highest BCUT2D eigenvalue weighted by Crippen LogP contribution is 2.66. The van der Waals surface area contributed by atoms with E-state index in [-0.39, 0.29) is 22.0 Å². The van der Waals surface area contributed by atoms with Gasteiger partial charge in [-0.2, -0.15) is 0 Å².